The number of carbonyl (C=O) groups excluding carboxylic acids is 1. The first kappa shape index (κ1) is 17.0. The monoisotopic (exact) mass is 388 g/mol. The Kier molecular flexibility index (Phi) is 5.88. The molecule has 0 spiro atoms. The molecule has 0 bridgehead atoms. The lowest BCUT2D eigenvalue weighted by Crippen LogP contribution is -2.34. The van der Waals surface area contributed by atoms with Gasteiger partial charge in [-0.3, -0.25) is 4.79 Å². The van der Waals surface area contributed by atoms with Gasteiger partial charge in [-0.1, -0.05) is 40.2 Å². The van der Waals surface area contributed by atoms with Crippen molar-refractivity contribution < 1.29 is 9.53 Å². The second kappa shape index (κ2) is 8.31. The second-order valence-electron chi connectivity index (χ2n) is 5.81. The quantitative estimate of drug-likeness (QED) is 0.871. The van der Waals surface area contributed by atoms with Crippen LogP contribution in [0, 0.1) is 0 Å². The molecule has 24 heavy (non-hydrogen) atoms. The van der Waals surface area contributed by atoms with Gasteiger partial charge in [0, 0.05) is 24.1 Å². The van der Waals surface area contributed by atoms with Crippen LogP contribution in [-0.4, -0.2) is 37.0 Å². The van der Waals surface area contributed by atoms with Crippen LogP contribution in [0.3, 0.4) is 0 Å². The third kappa shape index (κ3) is 4.36. The highest BCUT2D eigenvalue weighted by atomic mass is 79.9. The van der Waals surface area contributed by atoms with Gasteiger partial charge in [0.2, 0.25) is 0 Å². The summed E-state index contributed by atoms with van der Waals surface area (Å²) in [5.41, 5.74) is 1.70. The summed E-state index contributed by atoms with van der Waals surface area (Å²) in [6.45, 7) is 3.77. The molecule has 0 radical (unpaired) electrons. The van der Waals surface area contributed by atoms with Gasteiger partial charge < -0.3 is 15.0 Å². The molecule has 1 N–H and O–H groups in total. The van der Waals surface area contributed by atoms with Crippen molar-refractivity contribution in [1.29, 1.82) is 0 Å². The molecule has 1 aliphatic heterocycles. The summed E-state index contributed by atoms with van der Waals surface area (Å²) < 4.78 is 6.97. The molecule has 5 heteroatoms. The van der Waals surface area contributed by atoms with Crippen molar-refractivity contribution in [3.05, 3.63) is 64.1 Å². The molecule has 0 aromatic heterocycles. The first-order valence-corrected chi connectivity index (χ1v) is 8.99. The Bertz CT molecular complexity index is 680. The van der Waals surface area contributed by atoms with Crippen molar-refractivity contribution >= 4 is 21.8 Å². The summed E-state index contributed by atoms with van der Waals surface area (Å²) >= 11 is 3.43. The maximum Gasteiger partial charge on any atom is 0.257 e. The molecular formula is C19H21BrN2O2. The van der Waals surface area contributed by atoms with E-state index in [0.717, 1.165) is 42.6 Å². The molecule has 0 aliphatic carbocycles. The minimum absolute atomic E-state index is 0.0464. The number of hydrogen-bond donors (Lipinski definition) is 1. The predicted octanol–water partition coefficient (Wildman–Crippen LogP) is 3.46. The van der Waals surface area contributed by atoms with Crippen molar-refractivity contribution in [2.75, 3.05) is 26.2 Å². The molecule has 4 nitrogen and oxygen atoms in total. The molecule has 1 amide bonds. The number of nitrogens with one attached hydrogen (secondary N) is 1. The van der Waals surface area contributed by atoms with Gasteiger partial charge >= 0.3 is 0 Å². The Labute approximate surface area is 150 Å². The summed E-state index contributed by atoms with van der Waals surface area (Å²) in [5.74, 6) is 0.688. The predicted molar refractivity (Wildman–Crippen MR) is 98.3 cm³/mol. The van der Waals surface area contributed by atoms with Crippen molar-refractivity contribution in [1.82, 2.24) is 10.2 Å². The van der Waals surface area contributed by atoms with Gasteiger partial charge in [0.05, 0.1) is 5.56 Å². The van der Waals surface area contributed by atoms with E-state index in [2.05, 4.69) is 21.2 Å². The number of nitrogens with zero attached hydrogens (tertiary/aromatic N) is 1. The fourth-order valence-corrected chi connectivity index (χ4v) is 2.99. The van der Waals surface area contributed by atoms with Crippen LogP contribution in [0.5, 0.6) is 5.75 Å². The molecule has 0 unspecified atom stereocenters. The lowest BCUT2D eigenvalue weighted by atomic mass is 10.1. The Balaban J connectivity index is 1.72. The van der Waals surface area contributed by atoms with E-state index in [0.29, 0.717) is 17.9 Å². The number of para-hydroxylation sites is 1. The zero-order valence-corrected chi connectivity index (χ0v) is 15.1. The summed E-state index contributed by atoms with van der Waals surface area (Å²) in [6, 6.07) is 15.5. The largest absolute Gasteiger partial charge is 0.488 e. The Hall–Kier alpha value is -1.85. The first-order chi connectivity index (χ1) is 11.7. The lowest BCUT2D eigenvalue weighted by Gasteiger charge is -2.21. The zero-order valence-electron chi connectivity index (χ0n) is 13.5. The van der Waals surface area contributed by atoms with Crippen molar-refractivity contribution in [3.8, 4) is 5.75 Å². The highest BCUT2D eigenvalue weighted by Gasteiger charge is 2.20. The average molecular weight is 389 g/mol. The van der Waals surface area contributed by atoms with E-state index >= 15 is 0 Å². The molecule has 2 aromatic carbocycles. The molecule has 2 aromatic rings. The first-order valence-electron chi connectivity index (χ1n) is 8.20. The van der Waals surface area contributed by atoms with Gasteiger partial charge in [-0.05, 0) is 42.8 Å². The van der Waals surface area contributed by atoms with Crippen molar-refractivity contribution in [2.45, 2.75) is 13.0 Å². The molecule has 0 saturated carbocycles. The van der Waals surface area contributed by atoms with Crippen LogP contribution in [-0.2, 0) is 6.61 Å². The summed E-state index contributed by atoms with van der Waals surface area (Å²) in [4.78, 5) is 14.7. The fraction of sp³-hybridized carbons (Fsp3) is 0.316. The second-order valence-corrected chi connectivity index (χ2v) is 6.72. The van der Waals surface area contributed by atoms with Crippen LogP contribution < -0.4 is 10.1 Å². The molecule has 126 valence electrons. The molecule has 1 fully saturated rings. The van der Waals surface area contributed by atoms with E-state index in [-0.39, 0.29) is 5.91 Å². The van der Waals surface area contributed by atoms with E-state index in [4.69, 9.17) is 4.74 Å². The third-order valence-electron chi connectivity index (χ3n) is 4.05. The van der Waals surface area contributed by atoms with Crippen molar-refractivity contribution in [2.24, 2.45) is 0 Å². The standard InChI is InChI=1S/C19H21BrN2O2/c20-16-8-6-15(7-9-16)14-24-18-5-2-1-4-17(18)19(23)22-12-3-10-21-11-13-22/h1-2,4-9,21H,3,10-14H2. The Morgan fingerprint density at radius 2 is 1.88 bits per heavy atom. The minimum Gasteiger partial charge on any atom is -0.488 e. The summed E-state index contributed by atoms with van der Waals surface area (Å²) in [5, 5.41) is 3.32. The highest BCUT2D eigenvalue weighted by Crippen LogP contribution is 2.22. The highest BCUT2D eigenvalue weighted by molar-refractivity contribution is 9.10. The molecule has 1 saturated heterocycles. The number of halogens is 1. The maximum absolute atomic E-state index is 12.8. The van der Waals surface area contributed by atoms with Gasteiger partial charge in [0.1, 0.15) is 12.4 Å². The molecule has 0 atom stereocenters. The molecular weight excluding hydrogens is 368 g/mol. The van der Waals surface area contributed by atoms with Crippen LogP contribution in [0.25, 0.3) is 0 Å². The Morgan fingerprint density at radius 1 is 1.08 bits per heavy atom. The topological polar surface area (TPSA) is 41.6 Å². The number of hydrogen-bond acceptors (Lipinski definition) is 3. The number of carbonyl (C=O) groups is 1. The summed E-state index contributed by atoms with van der Waals surface area (Å²) in [7, 11) is 0. The van der Waals surface area contributed by atoms with Crippen LogP contribution in [0.1, 0.15) is 22.3 Å². The zero-order chi connectivity index (χ0) is 16.8. The normalized spacial score (nSPS) is 15.0. The molecule has 1 heterocycles. The molecule has 3 rings (SSSR count). The average Bonchev–Trinajstić information content (AvgIpc) is 2.90. The van der Waals surface area contributed by atoms with Gasteiger partial charge in [-0.25, -0.2) is 0 Å². The maximum atomic E-state index is 12.8. The van der Waals surface area contributed by atoms with Crippen LogP contribution in [0.4, 0.5) is 0 Å². The summed E-state index contributed by atoms with van der Waals surface area (Å²) in [6.07, 6.45) is 0.980. The number of amides is 1. The smallest absolute Gasteiger partial charge is 0.257 e. The number of benzene rings is 2. The van der Waals surface area contributed by atoms with Crippen LogP contribution in [0.15, 0.2) is 53.0 Å². The van der Waals surface area contributed by atoms with Crippen molar-refractivity contribution in [3.63, 3.8) is 0 Å². The van der Waals surface area contributed by atoms with E-state index in [1.165, 1.54) is 0 Å². The van der Waals surface area contributed by atoms with Crippen LogP contribution >= 0.6 is 15.9 Å². The van der Waals surface area contributed by atoms with E-state index < -0.39 is 0 Å². The fourth-order valence-electron chi connectivity index (χ4n) is 2.73. The van der Waals surface area contributed by atoms with Gasteiger partial charge in [-0.2, -0.15) is 0 Å². The minimum atomic E-state index is 0.0464. The van der Waals surface area contributed by atoms with Gasteiger partial charge in [0.15, 0.2) is 0 Å². The van der Waals surface area contributed by atoms with E-state index in [1.54, 1.807) is 0 Å². The lowest BCUT2D eigenvalue weighted by molar-refractivity contribution is 0.0761. The van der Waals surface area contributed by atoms with E-state index in [1.807, 2.05) is 53.4 Å². The van der Waals surface area contributed by atoms with Gasteiger partial charge in [0.25, 0.3) is 5.91 Å². The number of rotatable bonds is 4. The van der Waals surface area contributed by atoms with E-state index in [9.17, 15) is 4.79 Å². The molecule has 1 aliphatic rings. The third-order valence-corrected chi connectivity index (χ3v) is 4.58. The van der Waals surface area contributed by atoms with Gasteiger partial charge in [-0.15, -0.1) is 0 Å². The Morgan fingerprint density at radius 3 is 2.71 bits per heavy atom. The van der Waals surface area contributed by atoms with Crippen LogP contribution in [0.2, 0.25) is 0 Å². The number of ether oxygens (including phenoxy) is 1. The SMILES string of the molecule is O=C(c1ccccc1OCc1ccc(Br)cc1)N1CCCNCC1.